The first-order valence-corrected chi connectivity index (χ1v) is 5.07. The third kappa shape index (κ3) is 2.69. The molecular weight excluding hydrogens is 176 g/mol. The monoisotopic (exact) mass is 194 g/mol. The number of aromatic amines is 1. The summed E-state index contributed by atoms with van der Waals surface area (Å²) in [6, 6.07) is 0. The van der Waals surface area contributed by atoms with Crippen LogP contribution in [0.3, 0.4) is 0 Å². The van der Waals surface area contributed by atoms with Crippen LogP contribution in [0.15, 0.2) is 4.79 Å². The van der Waals surface area contributed by atoms with E-state index >= 15 is 0 Å². The van der Waals surface area contributed by atoms with Gasteiger partial charge in [0.2, 0.25) is 0 Å². The molecule has 1 aromatic heterocycles. The Kier molecular flexibility index (Phi) is 3.44. The van der Waals surface area contributed by atoms with E-state index < -0.39 is 0 Å². The molecule has 0 fully saturated rings. The molecule has 0 bridgehead atoms. The van der Waals surface area contributed by atoms with Gasteiger partial charge in [-0.3, -0.25) is 4.79 Å². The Hall–Kier alpha value is -1.12. The average molecular weight is 194 g/mol. The maximum atomic E-state index is 11.4. The molecule has 0 aliphatic rings. The third-order valence-corrected chi connectivity index (χ3v) is 2.40. The van der Waals surface area contributed by atoms with Crippen molar-refractivity contribution in [3.05, 3.63) is 27.4 Å². The lowest BCUT2D eigenvalue weighted by Gasteiger charge is -2.05. The fourth-order valence-corrected chi connectivity index (χ4v) is 1.25. The van der Waals surface area contributed by atoms with Crippen molar-refractivity contribution in [1.29, 1.82) is 0 Å². The molecule has 78 valence electrons. The molecule has 0 unspecified atom stereocenters. The van der Waals surface area contributed by atoms with Crippen LogP contribution in [0, 0.1) is 19.8 Å². The third-order valence-electron chi connectivity index (χ3n) is 2.40. The number of nitrogens with one attached hydrogen (secondary N) is 1. The molecule has 0 atom stereocenters. The van der Waals surface area contributed by atoms with Crippen LogP contribution in [-0.2, 0) is 6.42 Å². The van der Waals surface area contributed by atoms with Crippen LogP contribution < -0.4 is 5.56 Å². The van der Waals surface area contributed by atoms with Crippen LogP contribution in [-0.4, -0.2) is 9.97 Å². The van der Waals surface area contributed by atoms with E-state index in [4.69, 9.17) is 0 Å². The zero-order chi connectivity index (χ0) is 10.7. The summed E-state index contributed by atoms with van der Waals surface area (Å²) in [7, 11) is 0. The maximum Gasteiger partial charge on any atom is 0.254 e. The van der Waals surface area contributed by atoms with Crippen LogP contribution in [0.1, 0.15) is 37.4 Å². The molecule has 3 heteroatoms. The van der Waals surface area contributed by atoms with E-state index in [1.165, 1.54) is 0 Å². The van der Waals surface area contributed by atoms with Crippen molar-refractivity contribution in [3.63, 3.8) is 0 Å². The van der Waals surface area contributed by atoms with Crippen molar-refractivity contribution in [2.24, 2.45) is 5.92 Å². The van der Waals surface area contributed by atoms with E-state index in [9.17, 15) is 4.79 Å². The molecule has 0 aliphatic heterocycles. The van der Waals surface area contributed by atoms with E-state index in [1.54, 1.807) is 6.92 Å². The summed E-state index contributed by atoms with van der Waals surface area (Å²) in [5.41, 5.74) is 1.56. The van der Waals surface area contributed by atoms with Crippen LogP contribution in [0.2, 0.25) is 0 Å². The highest BCUT2D eigenvalue weighted by Gasteiger charge is 2.04. The first kappa shape index (κ1) is 11.0. The quantitative estimate of drug-likeness (QED) is 0.799. The molecule has 1 aromatic rings. The molecule has 0 spiro atoms. The van der Waals surface area contributed by atoms with Crippen molar-refractivity contribution < 1.29 is 0 Å². The van der Waals surface area contributed by atoms with Gasteiger partial charge in [-0.15, -0.1) is 0 Å². The smallest absolute Gasteiger partial charge is 0.254 e. The summed E-state index contributed by atoms with van der Waals surface area (Å²) < 4.78 is 0. The number of hydrogen-bond donors (Lipinski definition) is 1. The summed E-state index contributed by atoms with van der Waals surface area (Å²) in [4.78, 5) is 18.6. The molecule has 0 radical (unpaired) electrons. The molecule has 0 saturated carbocycles. The van der Waals surface area contributed by atoms with E-state index in [1.807, 2.05) is 6.92 Å². The highest BCUT2D eigenvalue weighted by molar-refractivity contribution is 5.13. The van der Waals surface area contributed by atoms with E-state index in [2.05, 4.69) is 23.8 Å². The zero-order valence-electron chi connectivity index (χ0n) is 9.35. The fourth-order valence-electron chi connectivity index (χ4n) is 1.25. The van der Waals surface area contributed by atoms with Crippen molar-refractivity contribution in [3.8, 4) is 0 Å². The molecule has 0 aliphatic carbocycles. The second kappa shape index (κ2) is 4.40. The number of nitrogens with zero attached hydrogens (tertiary/aromatic N) is 1. The Bertz CT molecular complexity index is 366. The van der Waals surface area contributed by atoms with Crippen molar-refractivity contribution >= 4 is 0 Å². The number of rotatable bonds is 3. The van der Waals surface area contributed by atoms with Gasteiger partial charge in [-0.1, -0.05) is 13.8 Å². The minimum Gasteiger partial charge on any atom is -0.310 e. The summed E-state index contributed by atoms with van der Waals surface area (Å²) >= 11 is 0. The van der Waals surface area contributed by atoms with Gasteiger partial charge >= 0.3 is 0 Å². The lowest BCUT2D eigenvalue weighted by atomic mass is 10.1. The van der Waals surface area contributed by atoms with Gasteiger partial charge in [0.05, 0.1) is 0 Å². The molecular formula is C11H18N2O. The highest BCUT2D eigenvalue weighted by atomic mass is 16.1. The number of aromatic nitrogens is 2. The molecule has 3 nitrogen and oxygen atoms in total. The molecule has 14 heavy (non-hydrogen) atoms. The van der Waals surface area contributed by atoms with Gasteiger partial charge in [-0.2, -0.15) is 0 Å². The van der Waals surface area contributed by atoms with E-state index in [0.717, 1.165) is 29.9 Å². The Labute approximate surface area is 84.6 Å². The molecule has 0 aromatic carbocycles. The minimum atomic E-state index is -0.00347. The van der Waals surface area contributed by atoms with Crippen LogP contribution in [0.25, 0.3) is 0 Å². The summed E-state index contributed by atoms with van der Waals surface area (Å²) in [6.07, 6.45) is 1.92. The maximum absolute atomic E-state index is 11.4. The van der Waals surface area contributed by atoms with Gasteiger partial charge in [0.25, 0.3) is 5.56 Å². The molecule has 1 rings (SSSR count). The second-order valence-corrected chi connectivity index (χ2v) is 4.16. The molecule has 0 saturated heterocycles. The van der Waals surface area contributed by atoms with Crippen LogP contribution in [0.4, 0.5) is 0 Å². The first-order valence-electron chi connectivity index (χ1n) is 5.07. The van der Waals surface area contributed by atoms with Gasteiger partial charge in [0, 0.05) is 17.7 Å². The zero-order valence-corrected chi connectivity index (χ0v) is 9.35. The van der Waals surface area contributed by atoms with Gasteiger partial charge in [-0.05, 0) is 26.2 Å². The highest BCUT2D eigenvalue weighted by Crippen LogP contribution is 2.05. The van der Waals surface area contributed by atoms with Crippen molar-refractivity contribution in [2.45, 2.75) is 40.5 Å². The fraction of sp³-hybridized carbons (Fsp3) is 0.636. The predicted molar refractivity (Wildman–Crippen MR) is 57.5 cm³/mol. The SMILES string of the molecule is Cc1nc(CCC(C)C)[nH]c(=O)c1C. The van der Waals surface area contributed by atoms with Crippen LogP contribution >= 0.6 is 0 Å². The standard InChI is InChI=1S/C11H18N2O/c1-7(2)5-6-10-12-9(4)8(3)11(14)13-10/h7H,5-6H2,1-4H3,(H,12,13,14). The average Bonchev–Trinajstić information content (AvgIpc) is 2.10. The molecule has 1 N–H and O–H groups in total. The first-order chi connectivity index (χ1) is 6.50. The predicted octanol–water partition coefficient (Wildman–Crippen LogP) is 1.98. The number of aryl methyl sites for hydroxylation is 2. The van der Waals surface area contributed by atoms with Gasteiger partial charge in [-0.25, -0.2) is 4.98 Å². The number of H-pyrrole nitrogens is 1. The van der Waals surface area contributed by atoms with Crippen molar-refractivity contribution in [2.75, 3.05) is 0 Å². The summed E-state index contributed by atoms with van der Waals surface area (Å²) in [5, 5.41) is 0. The topological polar surface area (TPSA) is 45.8 Å². The Morgan fingerprint density at radius 1 is 1.36 bits per heavy atom. The van der Waals surface area contributed by atoms with Gasteiger partial charge in [0.15, 0.2) is 0 Å². The number of hydrogen-bond acceptors (Lipinski definition) is 2. The van der Waals surface area contributed by atoms with E-state index in [-0.39, 0.29) is 5.56 Å². The molecule has 1 heterocycles. The summed E-state index contributed by atoms with van der Waals surface area (Å²) in [6.45, 7) is 8.01. The Balaban J connectivity index is 2.85. The molecule has 0 amide bonds. The lowest BCUT2D eigenvalue weighted by Crippen LogP contribution is -2.16. The van der Waals surface area contributed by atoms with Crippen LogP contribution in [0.5, 0.6) is 0 Å². The minimum absolute atomic E-state index is 0.00347. The Morgan fingerprint density at radius 3 is 2.50 bits per heavy atom. The lowest BCUT2D eigenvalue weighted by molar-refractivity contribution is 0.572. The largest absolute Gasteiger partial charge is 0.310 e. The van der Waals surface area contributed by atoms with Gasteiger partial charge < -0.3 is 4.98 Å². The van der Waals surface area contributed by atoms with Gasteiger partial charge in [0.1, 0.15) is 5.82 Å². The summed E-state index contributed by atoms with van der Waals surface area (Å²) in [5.74, 6) is 1.45. The van der Waals surface area contributed by atoms with Crippen molar-refractivity contribution in [1.82, 2.24) is 9.97 Å². The Morgan fingerprint density at radius 2 is 2.00 bits per heavy atom. The second-order valence-electron chi connectivity index (χ2n) is 4.16. The normalized spacial score (nSPS) is 10.9. The van der Waals surface area contributed by atoms with E-state index in [0.29, 0.717) is 5.92 Å².